The van der Waals surface area contributed by atoms with Gasteiger partial charge in [-0.05, 0) is 53.3 Å². The summed E-state index contributed by atoms with van der Waals surface area (Å²) >= 11 is 0. The van der Waals surface area contributed by atoms with Crippen molar-refractivity contribution < 1.29 is 24.2 Å². The number of unbranched alkanes of at least 4 members (excludes halogenated alkanes) is 1. The Hall–Kier alpha value is -6.26. The van der Waals surface area contributed by atoms with Gasteiger partial charge in [0.05, 0.1) is 31.2 Å². The fourth-order valence-corrected chi connectivity index (χ4v) is 5.21. The first kappa shape index (κ1) is 35.1. The third-order valence-electron chi connectivity index (χ3n) is 7.95. The quantitative estimate of drug-likeness (QED) is 0.0725. The summed E-state index contributed by atoms with van der Waals surface area (Å²) in [5.74, 6) is -1.11. The minimum Gasteiger partial charge on any atom is -0.495 e. The molecule has 8 N–H and O–H groups in total. The Morgan fingerprint density at radius 2 is 1.84 bits per heavy atom. The number of methoxy groups -OCH3 is 1. The van der Waals surface area contributed by atoms with E-state index in [2.05, 4.69) is 72.0 Å². The van der Waals surface area contributed by atoms with Crippen LogP contribution in [0.15, 0.2) is 42.6 Å². The first-order valence-corrected chi connectivity index (χ1v) is 15.8. The van der Waals surface area contributed by atoms with Gasteiger partial charge >= 0.3 is 5.97 Å². The van der Waals surface area contributed by atoms with Gasteiger partial charge < -0.3 is 31.9 Å². The number of tetrazole rings is 1. The van der Waals surface area contributed by atoms with Crippen molar-refractivity contribution in [1.82, 2.24) is 45.9 Å². The summed E-state index contributed by atoms with van der Waals surface area (Å²) in [6.07, 6.45) is 2.62. The fraction of sp³-hybridized carbons (Fsp3) is 0.333. The van der Waals surface area contributed by atoms with Crippen molar-refractivity contribution in [2.45, 2.75) is 64.5 Å². The molecule has 0 aliphatic rings. The zero-order chi connectivity index (χ0) is 36.0. The van der Waals surface area contributed by atoms with Gasteiger partial charge in [-0.2, -0.15) is 15.2 Å². The number of anilines is 3. The second kappa shape index (κ2) is 14.9. The van der Waals surface area contributed by atoms with Crippen LogP contribution in [-0.2, 0) is 16.8 Å². The number of Topliss-reactive ketones (excluding diaryl/α,β-unsaturated/α-hetero) is 1. The largest absolute Gasteiger partial charge is 0.495 e. The standard InChI is InChI=1S/C33H38N12O5/c1-33(2,3)18-10-11-20(21(14-18)28-42-44-45-43-28)24(46)8-6-5-7-23(31(48)49)39-30(47)17-9-12-22(25(13-17)50-4)36-15-19-16-37-29-26(38-19)27(34)40-32(35)41-29/h9-14,16,23,36H,5-8,15H2,1-4H3,(H,39,47)(H,48,49)(H,42,43,44,45)(H4,34,35,37,40,41)/t23-/m0/s1. The molecule has 17 nitrogen and oxygen atoms in total. The number of carbonyl (C=O) groups excluding carboxylic acids is 2. The number of fused-ring (bicyclic) bond motifs is 1. The molecule has 260 valence electrons. The van der Waals surface area contributed by atoms with Crippen LogP contribution in [0.5, 0.6) is 5.75 Å². The van der Waals surface area contributed by atoms with Crippen molar-refractivity contribution in [1.29, 1.82) is 0 Å². The molecule has 17 heteroatoms. The van der Waals surface area contributed by atoms with Gasteiger partial charge in [-0.25, -0.2) is 14.8 Å². The van der Waals surface area contributed by atoms with Crippen LogP contribution in [0.4, 0.5) is 17.5 Å². The lowest BCUT2D eigenvalue weighted by Crippen LogP contribution is -2.40. The van der Waals surface area contributed by atoms with E-state index in [-0.39, 0.29) is 53.6 Å². The monoisotopic (exact) mass is 682 g/mol. The molecular formula is C33H38N12O5. The van der Waals surface area contributed by atoms with Crippen LogP contribution in [0.2, 0.25) is 0 Å². The van der Waals surface area contributed by atoms with Crippen molar-refractivity contribution in [3.8, 4) is 17.1 Å². The second-order valence-electron chi connectivity index (χ2n) is 12.5. The van der Waals surface area contributed by atoms with E-state index >= 15 is 0 Å². The van der Waals surface area contributed by atoms with Crippen LogP contribution >= 0.6 is 0 Å². The van der Waals surface area contributed by atoms with E-state index in [9.17, 15) is 19.5 Å². The number of nitrogens with one attached hydrogen (secondary N) is 3. The summed E-state index contributed by atoms with van der Waals surface area (Å²) < 4.78 is 5.48. The summed E-state index contributed by atoms with van der Waals surface area (Å²) in [4.78, 5) is 55.0. The molecule has 0 bridgehead atoms. The van der Waals surface area contributed by atoms with Gasteiger partial charge in [-0.3, -0.25) is 9.59 Å². The summed E-state index contributed by atoms with van der Waals surface area (Å²) in [5, 5.41) is 29.8. The number of nitrogens with two attached hydrogens (primary N) is 2. The molecular weight excluding hydrogens is 644 g/mol. The van der Waals surface area contributed by atoms with E-state index < -0.39 is 17.9 Å². The van der Waals surface area contributed by atoms with Crippen molar-refractivity contribution in [3.05, 3.63) is 65.0 Å². The highest BCUT2D eigenvalue weighted by atomic mass is 16.5. The van der Waals surface area contributed by atoms with Gasteiger partial charge in [0.1, 0.15) is 11.8 Å². The summed E-state index contributed by atoms with van der Waals surface area (Å²) in [7, 11) is 1.45. The Morgan fingerprint density at radius 1 is 1.04 bits per heavy atom. The van der Waals surface area contributed by atoms with Crippen LogP contribution < -0.4 is 26.8 Å². The molecule has 1 amide bonds. The summed E-state index contributed by atoms with van der Waals surface area (Å²) in [5.41, 5.74) is 15.3. The molecule has 0 aliphatic heterocycles. The molecule has 0 radical (unpaired) electrons. The predicted molar refractivity (Wildman–Crippen MR) is 184 cm³/mol. The number of ether oxygens (including phenoxy) is 1. The number of ketones is 1. The van der Waals surface area contributed by atoms with Crippen molar-refractivity contribution in [2.75, 3.05) is 23.9 Å². The van der Waals surface area contributed by atoms with E-state index in [0.29, 0.717) is 52.4 Å². The number of amides is 1. The molecule has 3 aromatic heterocycles. The maximum atomic E-state index is 13.2. The minimum absolute atomic E-state index is 0.000727. The predicted octanol–water partition coefficient (Wildman–Crippen LogP) is 3.31. The van der Waals surface area contributed by atoms with Crippen LogP contribution in [0, 0.1) is 0 Å². The van der Waals surface area contributed by atoms with E-state index in [0.717, 1.165) is 5.56 Å². The lowest BCUT2D eigenvalue weighted by Gasteiger charge is -2.20. The van der Waals surface area contributed by atoms with Crippen LogP contribution in [0.25, 0.3) is 22.6 Å². The summed E-state index contributed by atoms with van der Waals surface area (Å²) in [6.45, 7) is 6.44. The molecule has 0 saturated carbocycles. The number of nitrogens with zero attached hydrogens (tertiary/aromatic N) is 7. The highest BCUT2D eigenvalue weighted by molar-refractivity contribution is 6.02. The smallest absolute Gasteiger partial charge is 0.326 e. The summed E-state index contributed by atoms with van der Waals surface area (Å²) in [6, 6.07) is 9.10. The topological polar surface area (TPSA) is 263 Å². The van der Waals surface area contributed by atoms with Gasteiger partial charge in [-0.15, -0.1) is 10.2 Å². The van der Waals surface area contributed by atoms with Gasteiger partial charge in [0, 0.05) is 23.1 Å². The molecule has 3 heterocycles. The van der Waals surface area contributed by atoms with E-state index in [1.165, 1.54) is 19.4 Å². The van der Waals surface area contributed by atoms with Crippen LogP contribution in [-0.4, -0.2) is 76.5 Å². The molecule has 0 fully saturated rings. The zero-order valence-electron chi connectivity index (χ0n) is 28.0. The lowest BCUT2D eigenvalue weighted by molar-refractivity contribution is -0.139. The third-order valence-corrected chi connectivity index (χ3v) is 7.95. The molecule has 0 aliphatic carbocycles. The molecule has 0 spiro atoms. The number of aromatic nitrogens is 8. The average molecular weight is 683 g/mol. The molecule has 0 unspecified atom stereocenters. The number of nitrogen functional groups attached to an aromatic ring is 2. The van der Waals surface area contributed by atoms with Gasteiger partial charge in [0.15, 0.2) is 22.8 Å². The Balaban J connectivity index is 1.17. The molecule has 50 heavy (non-hydrogen) atoms. The van der Waals surface area contributed by atoms with Gasteiger partial charge in [0.2, 0.25) is 11.8 Å². The Morgan fingerprint density at radius 3 is 2.54 bits per heavy atom. The lowest BCUT2D eigenvalue weighted by atomic mass is 9.84. The highest BCUT2D eigenvalue weighted by Crippen LogP contribution is 2.30. The van der Waals surface area contributed by atoms with E-state index in [1.54, 1.807) is 18.2 Å². The number of aliphatic carboxylic acids is 1. The molecule has 5 aromatic rings. The van der Waals surface area contributed by atoms with Crippen molar-refractivity contribution in [3.63, 3.8) is 0 Å². The number of carboxylic acids is 1. The number of hydrogen-bond acceptors (Lipinski definition) is 14. The minimum atomic E-state index is -1.18. The number of benzene rings is 2. The van der Waals surface area contributed by atoms with Crippen molar-refractivity contribution in [2.24, 2.45) is 0 Å². The molecule has 1 atom stereocenters. The number of carbonyl (C=O) groups is 3. The number of H-pyrrole nitrogens is 1. The normalized spacial score (nSPS) is 12.0. The molecule has 5 rings (SSSR count). The van der Waals surface area contributed by atoms with Gasteiger partial charge in [-0.1, -0.05) is 39.3 Å². The Kier molecular flexibility index (Phi) is 10.4. The molecule has 2 aromatic carbocycles. The number of rotatable bonds is 14. The van der Waals surface area contributed by atoms with E-state index in [4.69, 9.17) is 16.2 Å². The number of aromatic amines is 1. The number of carboxylic acid groups (broad SMARTS) is 1. The average Bonchev–Trinajstić information content (AvgIpc) is 3.63. The van der Waals surface area contributed by atoms with Gasteiger partial charge in [0.25, 0.3) is 5.91 Å². The maximum absolute atomic E-state index is 13.2. The highest BCUT2D eigenvalue weighted by Gasteiger charge is 2.23. The Labute approximate surface area is 286 Å². The zero-order valence-corrected chi connectivity index (χ0v) is 28.0. The third kappa shape index (κ3) is 8.23. The van der Waals surface area contributed by atoms with Crippen LogP contribution in [0.3, 0.4) is 0 Å². The maximum Gasteiger partial charge on any atom is 0.326 e. The first-order chi connectivity index (χ1) is 23.8. The first-order valence-electron chi connectivity index (χ1n) is 15.8. The number of hydrogen-bond donors (Lipinski definition) is 6. The SMILES string of the molecule is COc1cc(C(=O)N[C@@H](CCCCC(=O)c2ccc(C(C)(C)C)cc2-c2nn[nH]n2)C(=O)O)ccc1NCc1cnc2nc(N)nc(N)c2n1. The van der Waals surface area contributed by atoms with Crippen LogP contribution in [0.1, 0.15) is 78.4 Å². The fourth-order valence-electron chi connectivity index (χ4n) is 5.21. The van der Waals surface area contributed by atoms with Crippen molar-refractivity contribution >= 4 is 46.3 Å². The van der Waals surface area contributed by atoms with E-state index in [1.807, 2.05) is 12.1 Å². The Bertz CT molecular complexity index is 2030. The molecule has 0 saturated heterocycles. The second-order valence-corrected chi connectivity index (χ2v) is 12.5.